The lowest BCUT2D eigenvalue weighted by Gasteiger charge is -2.33. The second-order valence-electron chi connectivity index (χ2n) is 9.65. The van der Waals surface area contributed by atoms with Crippen LogP contribution in [0.4, 0.5) is 13.2 Å². The molecular weight excluding hydrogens is 511 g/mol. The number of imidazole rings is 1. The molecule has 0 aliphatic carbocycles. The number of hydrogen-bond donors (Lipinski definition) is 2. The standard InChI is InChI=1S/C26H22F3N9O/c1-35-9-6-18(33-35)15-4-5-21-16(12-32-38(21)13-15)25(39)36-10-7-19-23(31-14-30-19)24(36)20-11-22-17(26(27,28)29)3-2-8-37(22)34-20/h2-6,8-9,11-14,18,24,33H,7,10H2,1H3,(H,30,31). The number of amides is 1. The fraction of sp³-hybridized carbons (Fsp3) is 0.231. The van der Waals surface area contributed by atoms with Gasteiger partial charge in [-0.3, -0.25) is 4.79 Å². The van der Waals surface area contributed by atoms with Gasteiger partial charge in [-0.1, -0.05) is 6.07 Å². The molecule has 13 heteroatoms. The summed E-state index contributed by atoms with van der Waals surface area (Å²) in [4.78, 5) is 23.1. The third-order valence-corrected chi connectivity index (χ3v) is 7.27. The van der Waals surface area contributed by atoms with E-state index in [-0.39, 0.29) is 17.5 Å². The molecule has 0 radical (unpaired) electrons. The summed E-state index contributed by atoms with van der Waals surface area (Å²) in [6.07, 6.45) is 6.32. The Morgan fingerprint density at radius 1 is 1.15 bits per heavy atom. The second-order valence-corrected chi connectivity index (χ2v) is 9.65. The molecule has 1 amide bonds. The van der Waals surface area contributed by atoms with E-state index in [1.165, 1.54) is 35.4 Å². The third-order valence-electron chi connectivity index (χ3n) is 7.27. The van der Waals surface area contributed by atoms with Crippen molar-refractivity contribution in [3.63, 3.8) is 0 Å². The maximum absolute atomic E-state index is 14.0. The van der Waals surface area contributed by atoms with Crippen LogP contribution in [0.3, 0.4) is 0 Å². The van der Waals surface area contributed by atoms with E-state index in [0.717, 1.165) is 17.3 Å². The number of pyridine rings is 2. The van der Waals surface area contributed by atoms with E-state index in [1.54, 1.807) is 9.42 Å². The van der Waals surface area contributed by atoms with Crippen molar-refractivity contribution in [3.05, 3.63) is 101 Å². The number of fused-ring (bicyclic) bond motifs is 3. The lowest BCUT2D eigenvalue weighted by molar-refractivity contribution is -0.136. The quantitative estimate of drug-likeness (QED) is 0.368. The average Bonchev–Trinajstić information content (AvgIpc) is 3.71. The number of carbonyl (C=O) groups is 1. The first-order chi connectivity index (χ1) is 18.8. The molecule has 0 fully saturated rings. The zero-order chi connectivity index (χ0) is 26.9. The molecule has 2 aliphatic heterocycles. The van der Waals surface area contributed by atoms with Gasteiger partial charge in [-0.15, -0.1) is 0 Å². The molecule has 0 spiro atoms. The Labute approximate surface area is 219 Å². The normalized spacial score (nSPS) is 19.4. The maximum Gasteiger partial charge on any atom is 0.418 e. The van der Waals surface area contributed by atoms with E-state index in [1.807, 2.05) is 42.7 Å². The summed E-state index contributed by atoms with van der Waals surface area (Å²) < 4.78 is 44.0. The molecule has 0 saturated heterocycles. The predicted molar refractivity (Wildman–Crippen MR) is 133 cm³/mol. The van der Waals surface area contributed by atoms with E-state index in [9.17, 15) is 18.0 Å². The Kier molecular flexibility index (Phi) is 5.07. The Bertz CT molecular complexity index is 1770. The minimum atomic E-state index is -4.55. The van der Waals surface area contributed by atoms with Crippen molar-refractivity contribution in [1.82, 2.24) is 44.5 Å². The highest BCUT2D eigenvalue weighted by atomic mass is 19.4. The number of hydrazine groups is 1. The van der Waals surface area contributed by atoms with Crippen LogP contribution >= 0.6 is 0 Å². The molecule has 0 aromatic carbocycles. The highest BCUT2D eigenvalue weighted by Crippen LogP contribution is 2.37. The van der Waals surface area contributed by atoms with Crippen molar-refractivity contribution in [2.75, 3.05) is 13.6 Å². The van der Waals surface area contributed by atoms with Crippen molar-refractivity contribution in [1.29, 1.82) is 0 Å². The number of halogens is 3. The summed E-state index contributed by atoms with van der Waals surface area (Å²) in [6.45, 7) is 0.331. The fourth-order valence-electron chi connectivity index (χ4n) is 5.41. The number of aromatic amines is 1. The molecule has 7 rings (SSSR count). The Hall–Kier alpha value is -4.65. The van der Waals surface area contributed by atoms with Gasteiger partial charge >= 0.3 is 6.18 Å². The summed E-state index contributed by atoms with van der Waals surface area (Å²) in [6, 6.07) is 6.72. The number of nitrogens with one attached hydrogen (secondary N) is 2. The Morgan fingerprint density at radius 2 is 2.03 bits per heavy atom. The van der Waals surface area contributed by atoms with E-state index < -0.39 is 17.8 Å². The summed E-state index contributed by atoms with van der Waals surface area (Å²) in [5.74, 6) is -0.303. The zero-order valence-electron chi connectivity index (χ0n) is 20.6. The third kappa shape index (κ3) is 3.76. The molecule has 2 unspecified atom stereocenters. The van der Waals surface area contributed by atoms with Gasteiger partial charge in [-0.25, -0.2) is 19.4 Å². The molecular formula is C26H22F3N9O. The fourth-order valence-corrected chi connectivity index (χ4v) is 5.41. The number of alkyl halides is 3. The van der Waals surface area contributed by atoms with E-state index >= 15 is 0 Å². The smallest absolute Gasteiger partial charge is 0.348 e. The van der Waals surface area contributed by atoms with Crippen molar-refractivity contribution in [3.8, 4) is 0 Å². The summed E-state index contributed by atoms with van der Waals surface area (Å²) >= 11 is 0. The molecule has 7 heterocycles. The molecule has 5 aromatic heterocycles. The van der Waals surface area contributed by atoms with Crippen LogP contribution in [0.25, 0.3) is 11.0 Å². The van der Waals surface area contributed by atoms with Gasteiger partial charge in [0.1, 0.15) is 6.04 Å². The summed E-state index contributed by atoms with van der Waals surface area (Å²) in [5.41, 5.74) is 6.09. The highest BCUT2D eigenvalue weighted by Gasteiger charge is 2.39. The van der Waals surface area contributed by atoms with Crippen molar-refractivity contribution >= 4 is 16.9 Å². The zero-order valence-corrected chi connectivity index (χ0v) is 20.6. The Balaban J connectivity index is 1.29. The second kappa shape index (κ2) is 8.43. The van der Waals surface area contributed by atoms with E-state index in [4.69, 9.17) is 0 Å². The lowest BCUT2D eigenvalue weighted by Crippen LogP contribution is -2.41. The van der Waals surface area contributed by atoms with Gasteiger partial charge in [-0.2, -0.15) is 23.4 Å². The number of carbonyl (C=O) groups excluding carboxylic acids is 1. The molecule has 0 saturated carbocycles. The van der Waals surface area contributed by atoms with Crippen LogP contribution in [0.2, 0.25) is 0 Å². The lowest BCUT2D eigenvalue weighted by atomic mass is 9.98. The molecule has 2 N–H and O–H groups in total. The number of aromatic nitrogens is 6. The van der Waals surface area contributed by atoms with Crippen molar-refractivity contribution in [2.24, 2.45) is 0 Å². The SMILES string of the molecule is CN1C=CC(c2ccc3c(C(=O)N4CCc5[nH]cnc5C4c4cc5c(C(F)(F)F)cccn5n4)cnn3c2)N1. The first kappa shape index (κ1) is 23.5. The maximum atomic E-state index is 14.0. The summed E-state index contributed by atoms with van der Waals surface area (Å²) in [5, 5.41) is 10.8. The van der Waals surface area contributed by atoms with Gasteiger partial charge in [0, 0.05) is 44.3 Å². The van der Waals surface area contributed by atoms with Crippen LogP contribution in [0.1, 0.15) is 50.7 Å². The highest BCUT2D eigenvalue weighted by molar-refractivity contribution is 6.01. The topological polar surface area (TPSA) is 98.9 Å². The molecule has 10 nitrogen and oxygen atoms in total. The molecule has 0 bridgehead atoms. The van der Waals surface area contributed by atoms with Gasteiger partial charge in [0.25, 0.3) is 5.91 Å². The number of H-pyrrole nitrogens is 1. The van der Waals surface area contributed by atoms with Crippen LogP contribution in [-0.4, -0.2) is 58.6 Å². The predicted octanol–water partition coefficient (Wildman–Crippen LogP) is 3.52. The van der Waals surface area contributed by atoms with Crippen LogP contribution in [-0.2, 0) is 12.6 Å². The van der Waals surface area contributed by atoms with Gasteiger partial charge in [-0.05, 0) is 35.9 Å². The van der Waals surface area contributed by atoms with E-state index in [0.29, 0.717) is 35.4 Å². The van der Waals surface area contributed by atoms with Crippen LogP contribution in [0, 0.1) is 0 Å². The average molecular weight is 534 g/mol. The molecule has 198 valence electrons. The van der Waals surface area contributed by atoms with Crippen molar-refractivity contribution in [2.45, 2.75) is 24.7 Å². The van der Waals surface area contributed by atoms with Crippen molar-refractivity contribution < 1.29 is 18.0 Å². The molecule has 2 aliphatic rings. The van der Waals surface area contributed by atoms with Gasteiger partial charge in [0.2, 0.25) is 0 Å². The monoisotopic (exact) mass is 533 g/mol. The molecule has 2 atom stereocenters. The minimum Gasteiger partial charge on any atom is -0.348 e. The Morgan fingerprint density at radius 3 is 2.82 bits per heavy atom. The first-order valence-corrected chi connectivity index (χ1v) is 12.3. The van der Waals surface area contributed by atoms with E-state index in [2.05, 4.69) is 25.6 Å². The molecule has 39 heavy (non-hydrogen) atoms. The first-order valence-electron chi connectivity index (χ1n) is 12.3. The number of nitrogens with zero attached hydrogens (tertiary/aromatic N) is 7. The van der Waals surface area contributed by atoms with Crippen LogP contribution < -0.4 is 5.43 Å². The minimum absolute atomic E-state index is 0.0102. The molecule has 5 aromatic rings. The van der Waals surface area contributed by atoms with Gasteiger partial charge < -0.3 is 14.9 Å². The number of hydrogen-bond acceptors (Lipinski definition) is 6. The van der Waals surface area contributed by atoms with Gasteiger partial charge in [0.05, 0.1) is 52.1 Å². The van der Waals surface area contributed by atoms with Crippen LogP contribution in [0.5, 0.6) is 0 Å². The largest absolute Gasteiger partial charge is 0.418 e. The number of rotatable bonds is 3. The summed E-state index contributed by atoms with van der Waals surface area (Å²) in [7, 11) is 1.91. The van der Waals surface area contributed by atoms with Crippen LogP contribution in [0.15, 0.2) is 67.5 Å². The van der Waals surface area contributed by atoms with Gasteiger partial charge in [0.15, 0.2) is 0 Å².